The van der Waals surface area contributed by atoms with Crippen molar-refractivity contribution in [2.75, 3.05) is 0 Å². The van der Waals surface area contributed by atoms with Crippen molar-refractivity contribution in [3.8, 4) is 11.4 Å². The lowest BCUT2D eigenvalue weighted by Gasteiger charge is -2.08. The molecule has 0 unspecified atom stereocenters. The van der Waals surface area contributed by atoms with Gasteiger partial charge in [0.05, 0.1) is 6.20 Å². The fourth-order valence-corrected chi connectivity index (χ4v) is 2.54. The lowest BCUT2D eigenvalue weighted by Crippen LogP contribution is -2.09. The molecule has 3 heterocycles. The summed E-state index contributed by atoms with van der Waals surface area (Å²) in [4.78, 5) is 12.0. The molecule has 1 aliphatic carbocycles. The molecule has 0 bridgehead atoms. The van der Waals surface area contributed by atoms with E-state index in [1.54, 1.807) is 10.6 Å². The van der Waals surface area contributed by atoms with Crippen LogP contribution in [0.1, 0.15) is 24.6 Å². The Morgan fingerprint density at radius 2 is 2.00 bits per heavy atom. The van der Waals surface area contributed by atoms with Gasteiger partial charge < -0.3 is 4.85 Å². The highest BCUT2D eigenvalue weighted by Crippen LogP contribution is 2.41. The molecule has 1 saturated carbocycles. The highest BCUT2D eigenvalue weighted by molar-refractivity contribution is 5.79. The Balaban J connectivity index is 1.94. The summed E-state index contributed by atoms with van der Waals surface area (Å²) < 4.78 is 40.4. The van der Waals surface area contributed by atoms with Crippen LogP contribution in [0, 0.1) is 6.57 Å². The number of pyridine rings is 1. The number of nitrogens with zero attached hydrogens (tertiary/aromatic N) is 6. The molecule has 4 rings (SSSR count). The fourth-order valence-electron chi connectivity index (χ4n) is 2.54. The van der Waals surface area contributed by atoms with Crippen LogP contribution in [0.2, 0.25) is 0 Å². The van der Waals surface area contributed by atoms with Crippen LogP contribution in [-0.2, 0) is 6.18 Å². The summed E-state index contributed by atoms with van der Waals surface area (Å²) in [6.45, 7) is 7.07. The molecule has 3 aromatic heterocycles. The smallest absolute Gasteiger partial charge is 0.361 e. The first-order valence-electron chi connectivity index (χ1n) is 7.14. The number of rotatable bonds is 2. The zero-order valence-corrected chi connectivity index (χ0v) is 12.1. The van der Waals surface area contributed by atoms with Crippen molar-refractivity contribution < 1.29 is 13.2 Å². The molecule has 3 aromatic rings. The first kappa shape index (κ1) is 14.6. The Hall–Kier alpha value is -3.02. The summed E-state index contributed by atoms with van der Waals surface area (Å²) in [7, 11) is 0. The van der Waals surface area contributed by atoms with E-state index in [-0.39, 0.29) is 17.4 Å². The van der Waals surface area contributed by atoms with Gasteiger partial charge in [-0.25, -0.2) is 4.98 Å². The van der Waals surface area contributed by atoms with Crippen molar-refractivity contribution in [2.24, 2.45) is 0 Å². The molecule has 0 spiro atoms. The van der Waals surface area contributed by atoms with Gasteiger partial charge in [0.15, 0.2) is 5.69 Å². The zero-order chi connectivity index (χ0) is 16.9. The van der Waals surface area contributed by atoms with Gasteiger partial charge in [0.2, 0.25) is 0 Å². The van der Waals surface area contributed by atoms with Crippen LogP contribution in [0.25, 0.3) is 27.4 Å². The van der Waals surface area contributed by atoms with Crippen LogP contribution in [0.4, 0.5) is 19.0 Å². The molecule has 0 N–H and O–H groups in total. The van der Waals surface area contributed by atoms with Gasteiger partial charge in [0, 0.05) is 11.6 Å². The van der Waals surface area contributed by atoms with E-state index in [1.165, 1.54) is 12.3 Å². The van der Waals surface area contributed by atoms with Crippen LogP contribution < -0.4 is 0 Å². The van der Waals surface area contributed by atoms with Crippen LogP contribution in [0.15, 0.2) is 24.4 Å². The van der Waals surface area contributed by atoms with E-state index in [9.17, 15) is 13.2 Å². The highest BCUT2D eigenvalue weighted by atomic mass is 19.4. The summed E-state index contributed by atoms with van der Waals surface area (Å²) in [6.07, 6.45) is -1.53. The summed E-state index contributed by atoms with van der Waals surface area (Å²) in [6, 6.07) is 4.25. The lowest BCUT2D eigenvalue weighted by atomic mass is 10.2. The lowest BCUT2D eigenvalue weighted by molar-refractivity contribution is -0.141. The van der Waals surface area contributed by atoms with Crippen LogP contribution in [0.3, 0.4) is 0 Å². The average molecular weight is 330 g/mol. The van der Waals surface area contributed by atoms with Crippen molar-refractivity contribution in [2.45, 2.75) is 25.1 Å². The number of hydrogen-bond donors (Lipinski definition) is 0. The number of aromatic nitrogens is 5. The minimum absolute atomic E-state index is 0.126. The Morgan fingerprint density at radius 1 is 1.21 bits per heavy atom. The Kier molecular flexibility index (Phi) is 3.03. The number of alkyl halides is 3. The van der Waals surface area contributed by atoms with Gasteiger partial charge >= 0.3 is 6.18 Å². The van der Waals surface area contributed by atoms with Gasteiger partial charge in [-0.15, -0.1) is 5.10 Å². The molecule has 1 fully saturated rings. The quantitative estimate of drug-likeness (QED) is 0.671. The standard InChI is InChI=1S/C15H9F3N6/c1-19-12-5-4-10-14(22-12)24(9-2-3-9)13(21-10)8-6-11(15(16,17)18)23-20-7-8/h4-7,9H,2-3H2. The maximum absolute atomic E-state index is 12.9. The molecule has 9 heteroatoms. The molecular weight excluding hydrogens is 321 g/mol. The molecule has 24 heavy (non-hydrogen) atoms. The third-order valence-electron chi connectivity index (χ3n) is 3.75. The van der Waals surface area contributed by atoms with E-state index in [4.69, 9.17) is 6.57 Å². The first-order chi connectivity index (χ1) is 11.5. The van der Waals surface area contributed by atoms with E-state index in [0.717, 1.165) is 18.9 Å². The van der Waals surface area contributed by atoms with Crippen molar-refractivity contribution in [1.29, 1.82) is 0 Å². The van der Waals surface area contributed by atoms with Gasteiger partial charge in [-0.1, -0.05) is 11.6 Å². The molecule has 120 valence electrons. The molecule has 0 aromatic carbocycles. The molecule has 0 atom stereocenters. The summed E-state index contributed by atoms with van der Waals surface area (Å²) in [5.74, 6) is 0.585. The second kappa shape index (κ2) is 4.99. The van der Waals surface area contributed by atoms with E-state index < -0.39 is 11.9 Å². The summed E-state index contributed by atoms with van der Waals surface area (Å²) in [5, 5.41) is 6.60. The molecule has 0 aliphatic heterocycles. The van der Waals surface area contributed by atoms with E-state index in [0.29, 0.717) is 17.0 Å². The summed E-state index contributed by atoms with van der Waals surface area (Å²) >= 11 is 0. The minimum atomic E-state index is -4.57. The molecule has 0 saturated heterocycles. The second-order valence-corrected chi connectivity index (χ2v) is 5.49. The molecular formula is C15H9F3N6. The molecule has 1 aliphatic rings. The van der Waals surface area contributed by atoms with E-state index >= 15 is 0 Å². The van der Waals surface area contributed by atoms with Crippen LogP contribution >= 0.6 is 0 Å². The van der Waals surface area contributed by atoms with Crippen LogP contribution in [-0.4, -0.2) is 24.7 Å². The number of halogens is 3. The Morgan fingerprint density at radius 3 is 2.67 bits per heavy atom. The third-order valence-corrected chi connectivity index (χ3v) is 3.75. The molecule has 0 amide bonds. The van der Waals surface area contributed by atoms with Crippen molar-refractivity contribution in [3.05, 3.63) is 41.5 Å². The van der Waals surface area contributed by atoms with Gasteiger partial charge in [0.1, 0.15) is 11.3 Å². The fraction of sp³-hybridized carbons (Fsp3) is 0.267. The maximum atomic E-state index is 12.9. The number of imidazole rings is 1. The maximum Gasteiger partial charge on any atom is 0.435 e. The minimum Gasteiger partial charge on any atom is -0.361 e. The normalized spacial score (nSPS) is 14.8. The Labute approximate surface area is 133 Å². The van der Waals surface area contributed by atoms with E-state index in [1.807, 2.05) is 0 Å². The predicted molar refractivity (Wildman–Crippen MR) is 78.1 cm³/mol. The Bertz CT molecular complexity index is 981. The van der Waals surface area contributed by atoms with Crippen LogP contribution in [0.5, 0.6) is 0 Å². The van der Waals surface area contributed by atoms with Gasteiger partial charge in [-0.3, -0.25) is 4.57 Å². The van der Waals surface area contributed by atoms with E-state index in [2.05, 4.69) is 25.0 Å². The van der Waals surface area contributed by atoms with Gasteiger partial charge in [0.25, 0.3) is 11.5 Å². The monoisotopic (exact) mass is 330 g/mol. The van der Waals surface area contributed by atoms with Crippen molar-refractivity contribution in [3.63, 3.8) is 0 Å². The number of hydrogen-bond acceptors (Lipinski definition) is 4. The average Bonchev–Trinajstić information content (AvgIpc) is 3.33. The summed E-state index contributed by atoms with van der Waals surface area (Å²) in [5.41, 5.74) is 0.205. The first-order valence-corrected chi connectivity index (χ1v) is 7.14. The predicted octanol–water partition coefficient (Wildman–Crippen LogP) is 3.79. The molecule has 6 nitrogen and oxygen atoms in total. The van der Waals surface area contributed by atoms with Gasteiger partial charge in [-0.05, 0) is 31.0 Å². The topological polar surface area (TPSA) is 60.9 Å². The molecule has 0 radical (unpaired) electrons. The third kappa shape index (κ3) is 2.36. The highest BCUT2D eigenvalue weighted by Gasteiger charge is 2.35. The zero-order valence-electron chi connectivity index (χ0n) is 12.1. The van der Waals surface area contributed by atoms with Crippen molar-refractivity contribution in [1.82, 2.24) is 24.7 Å². The van der Waals surface area contributed by atoms with Crippen molar-refractivity contribution >= 4 is 17.0 Å². The van der Waals surface area contributed by atoms with Gasteiger partial charge in [-0.2, -0.15) is 18.3 Å². The number of fused-ring (bicyclic) bond motifs is 1. The SMILES string of the molecule is [C-]#[N+]c1ccc2nc(-c3cnnc(C(F)(F)F)c3)n(C3CC3)c2n1. The largest absolute Gasteiger partial charge is 0.435 e. The second-order valence-electron chi connectivity index (χ2n) is 5.49.